The van der Waals surface area contributed by atoms with Gasteiger partial charge >= 0.3 is 0 Å². The van der Waals surface area contributed by atoms with Crippen molar-refractivity contribution in [3.63, 3.8) is 0 Å². The maximum atomic E-state index is 5.64. The second-order valence-electron chi connectivity index (χ2n) is 5.72. The lowest BCUT2D eigenvalue weighted by molar-refractivity contribution is 0.153. The highest BCUT2D eigenvalue weighted by atomic mass is 16.5. The van der Waals surface area contributed by atoms with Gasteiger partial charge in [-0.25, -0.2) is 0 Å². The minimum Gasteiger partial charge on any atom is -0.490 e. The number of pyridine rings is 1. The quantitative estimate of drug-likeness (QED) is 0.833. The van der Waals surface area contributed by atoms with Crippen LogP contribution in [0.1, 0.15) is 17.2 Å². The number of hydrogen-bond acceptors (Lipinski definition) is 4. The molecule has 1 N–H and O–H groups in total. The number of hydrogen-bond donors (Lipinski definition) is 1. The van der Waals surface area contributed by atoms with Gasteiger partial charge in [-0.1, -0.05) is 30.9 Å². The van der Waals surface area contributed by atoms with Gasteiger partial charge in [-0.2, -0.15) is 0 Å². The van der Waals surface area contributed by atoms with Gasteiger partial charge in [0.05, 0.1) is 0 Å². The van der Waals surface area contributed by atoms with Crippen molar-refractivity contribution in [2.24, 2.45) is 0 Å². The molecule has 0 bridgehead atoms. The summed E-state index contributed by atoms with van der Waals surface area (Å²) in [6.45, 7) is 8.13. The summed E-state index contributed by atoms with van der Waals surface area (Å²) in [5, 5.41) is 3.48. The first-order chi connectivity index (χ1) is 11.4. The van der Waals surface area contributed by atoms with Crippen molar-refractivity contribution in [2.75, 3.05) is 26.2 Å². The molecule has 1 aromatic carbocycles. The smallest absolute Gasteiger partial charge is 0.120 e. The third kappa shape index (κ3) is 4.18. The fourth-order valence-corrected chi connectivity index (χ4v) is 2.96. The van der Waals surface area contributed by atoms with E-state index in [4.69, 9.17) is 4.74 Å². The Labute approximate surface area is 137 Å². The van der Waals surface area contributed by atoms with Gasteiger partial charge in [0.2, 0.25) is 0 Å². The first-order valence-corrected chi connectivity index (χ1v) is 8.04. The predicted octanol–water partition coefficient (Wildman–Crippen LogP) is 2.79. The van der Waals surface area contributed by atoms with Crippen LogP contribution in [0.25, 0.3) is 0 Å². The molecule has 1 atom stereocenters. The fourth-order valence-electron chi connectivity index (χ4n) is 2.96. The van der Waals surface area contributed by atoms with Gasteiger partial charge in [0.25, 0.3) is 0 Å². The molecule has 0 aliphatic carbocycles. The average Bonchev–Trinajstić information content (AvgIpc) is 2.61. The van der Waals surface area contributed by atoms with Gasteiger partial charge in [0, 0.05) is 44.6 Å². The van der Waals surface area contributed by atoms with E-state index in [0.717, 1.165) is 31.9 Å². The van der Waals surface area contributed by atoms with Gasteiger partial charge in [0.15, 0.2) is 0 Å². The Hall–Kier alpha value is -2.17. The fraction of sp³-hybridized carbons (Fsp3) is 0.316. The van der Waals surface area contributed by atoms with Crippen molar-refractivity contribution in [1.29, 1.82) is 0 Å². The molecule has 1 fully saturated rings. The molecule has 1 aromatic heterocycles. The Morgan fingerprint density at radius 1 is 1.35 bits per heavy atom. The molecular formula is C19H23N3O. The topological polar surface area (TPSA) is 37.4 Å². The van der Waals surface area contributed by atoms with Gasteiger partial charge in [-0.15, -0.1) is 0 Å². The van der Waals surface area contributed by atoms with Crippen LogP contribution < -0.4 is 10.1 Å². The average molecular weight is 309 g/mol. The lowest BCUT2D eigenvalue weighted by atomic mass is 10.0. The van der Waals surface area contributed by atoms with E-state index in [1.807, 2.05) is 24.5 Å². The molecule has 1 aliphatic heterocycles. The summed E-state index contributed by atoms with van der Waals surface area (Å²) in [6.07, 6.45) is 5.56. The van der Waals surface area contributed by atoms with Gasteiger partial charge in [-0.3, -0.25) is 9.88 Å². The van der Waals surface area contributed by atoms with E-state index in [1.165, 1.54) is 11.1 Å². The Bertz CT molecular complexity index is 630. The van der Waals surface area contributed by atoms with Crippen molar-refractivity contribution in [3.8, 4) is 5.75 Å². The summed E-state index contributed by atoms with van der Waals surface area (Å²) in [5.74, 6) is 0.899. The zero-order valence-electron chi connectivity index (χ0n) is 13.3. The van der Waals surface area contributed by atoms with Crippen molar-refractivity contribution < 1.29 is 4.74 Å². The molecule has 0 saturated carbocycles. The molecule has 120 valence electrons. The van der Waals surface area contributed by atoms with Gasteiger partial charge in [-0.05, 0) is 29.3 Å². The van der Waals surface area contributed by atoms with Crippen LogP contribution in [0.3, 0.4) is 0 Å². The van der Waals surface area contributed by atoms with E-state index in [1.54, 1.807) is 6.08 Å². The standard InChI is InChI=1S/C19H23N3O/c1-2-11-23-18-7-3-5-16(12-18)15-22-10-9-21-14-19(22)17-6-4-8-20-13-17/h2-8,12-13,19,21H,1,9-11,14-15H2. The molecule has 3 rings (SSSR count). The largest absolute Gasteiger partial charge is 0.490 e. The highest BCUT2D eigenvalue weighted by molar-refractivity contribution is 5.29. The normalized spacial score (nSPS) is 18.5. The monoisotopic (exact) mass is 309 g/mol. The summed E-state index contributed by atoms with van der Waals surface area (Å²) < 4.78 is 5.64. The Kier molecular flexibility index (Phi) is 5.40. The molecule has 0 amide bonds. The van der Waals surface area contributed by atoms with Crippen molar-refractivity contribution >= 4 is 0 Å². The minimum atomic E-state index is 0.357. The molecule has 0 spiro atoms. The minimum absolute atomic E-state index is 0.357. The van der Waals surface area contributed by atoms with Crippen LogP contribution >= 0.6 is 0 Å². The Morgan fingerprint density at radius 2 is 2.30 bits per heavy atom. The molecular weight excluding hydrogens is 286 g/mol. The molecule has 23 heavy (non-hydrogen) atoms. The number of ether oxygens (including phenoxy) is 1. The summed E-state index contributed by atoms with van der Waals surface area (Å²) in [5.41, 5.74) is 2.53. The second kappa shape index (κ2) is 7.90. The van der Waals surface area contributed by atoms with E-state index < -0.39 is 0 Å². The SMILES string of the molecule is C=CCOc1cccc(CN2CCNCC2c2cccnc2)c1. The Balaban J connectivity index is 1.73. The maximum Gasteiger partial charge on any atom is 0.120 e. The van der Waals surface area contributed by atoms with Crippen LogP contribution in [-0.4, -0.2) is 36.1 Å². The predicted molar refractivity (Wildman–Crippen MR) is 92.4 cm³/mol. The summed E-state index contributed by atoms with van der Waals surface area (Å²) in [6, 6.07) is 12.8. The second-order valence-corrected chi connectivity index (χ2v) is 5.72. The van der Waals surface area contributed by atoms with Crippen LogP contribution in [-0.2, 0) is 6.54 Å². The molecule has 1 saturated heterocycles. The lowest BCUT2D eigenvalue weighted by Gasteiger charge is -2.36. The van der Waals surface area contributed by atoms with E-state index in [0.29, 0.717) is 12.6 Å². The highest BCUT2D eigenvalue weighted by Gasteiger charge is 2.23. The van der Waals surface area contributed by atoms with Crippen LogP contribution in [0, 0.1) is 0 Å². The molecule has 2 heterocycles. The summed E-state index contributed by atoms with van der Waals surface area (Å²) >= 11 is 0. The molecule has 4 heteroatoms. The Morgan fingerprint density at radius 3 is 3.13 bits per heavy atom. The van der Waals surface area contributed by atoms with Gasteiger partial charge in [0.1, 0.15) is 12.4 Å². The number of benzene rings is 1. The van der Waals surface area contributed by atoms with Crippen molar-refractivity contribution in [2.45, 2.75) is 12.6 Å². The van der Waals surface area contributed by atoms with E-state index in [-0.39, 0.29) is 0 Å². The number of nitrogens with one attached hydrogen (secondary N) is 1. The van der Waals surface area contributed by atoms with Gasteiger partial charge < -0.3 is 10.1 Å². The molecule has 2 aromatic rings. The lowest BCUT2D eigenvalue weighted by Crippen LogP contribution is -2.45. The zero-order chi connectivity index (χ0) is 15.9. The number of nitrogens with zero attached hydrogens (tertiary/aromatic N) is 2. The van der Waals surface area contributed by atoms with Crippen molar-refractivity contribution in [3.05, 3.63) is 72.6 Å². The maximum absolute atomic E-state index is 5.64. The first kappa shape index (κ1) is 15.7. The number of aromatic nitrogens is 1. The molecule has 1 unspecified atom stereocenters. The third-order valence-electron chi connectivity index (χ3n) is 4.08. The van der Waals surface area contributed by atoms with E-state index >= 15 is 0 Å². The molecule has 1 aliphatic rings. The first-order valence-electron chi connectivity index (χ1n) is 8.04. The zero-order valence-corrected chi connectivity index (χ0v) is 13.3. The third-order valence-corrected chi connectivity index (χ3v) is 4.08. The van der Waals surface area contributed by atoms with Crippen LogP contribution in [0.2, 0.25) is 0 Å². The number of piperazine rings is 1. The van der Waals surface area contributed by atoms with Crippen LogP contribution in [0.5, 0.6) is 5.75 Å². The molecule has 0 radical (unpaired) electrons. The van der Waals surface area contributed by atoms with E-state index in [9.17, 15) is 0 Å². The van der Waals surface area contributed by atoms with Crippen LogP contribution in [0.15, 0.2) is 61.4 Å². The highest BCUT2D eigenvalue weighted by Crippen LogP contribution is 2.24. The summed E-state index contributed by atoms with van der Waals surface area (Å²) in [7, 11) is 0. The summed E-state index contributed by atoms with van der Waals surface area (Å²) in [4.78, 5) is 6.77. The van der Waals surface area contributed by atoms with Crippen molar-refractivity contribution in [1.82, 2.24) is 15.2 Å². The van der Waals surface area contributed by atoms with Crippen LogP contribution in [0.4, 0.5) is 0 Å². The van der Waals surface area contributed by atoms with E-state index in [2.05, 4.69) is 46.0 Å². The number of rotatable bonds is 6. The molecule has 4 nitrogen and oxygen atoms in total.